The Morgan fingerprint density at radius 2 is 2.10 bits per heavy atom. The van der Waals surface area contributed by atoms with Crippen molar-refractivity contribution in [1.82, 2.24) is 10.2 Å². The molecule has 2 saturated heterocycles. The van der Waals surface area contributed by atoms with Crippen LogP contribution in [0.4, 0.5) is 4.79 Å². The van der Waals surface area contributed by atoms with Crippen molar-refractivity contribution in [3.05, 3.63) is 0 Å². The monoisotopic (exact) mass is 286 g/mol. The quantitative estimate of drug-likeness (QED) is 0.751. The van der Waals surface area contributed by atoms with Crippen molar-refractivity contribution >= 4 is 12.0 Å². The van der Waals surface area contributed by atoms with Crippen molar-refractivity contribution in [2.45, 2.75) is 18.9 Å². The van der Waals surface area contributed by atoms with E-state index in [4.69, 9.17) is 14.6 Å². The molecule has 20 heavy (non-hydrogen) atoms. The number of nitrogens with zero attached hydrogens (tertiary/aromatic N) is 1. The molecular weight excluding hydrogens is 264 g/mol. The van der Waals surface area contributed by atoms with Gasteiger partial charge in [-0.25, -0.2) is 4.79 Å². The number of likely N-dealkylation sites (N-methyl/N-ethyl adjacent to an activating group) is 1. The molecule has 2 aliphatic heterocycles. The first-order chi connectivity index (χ1) is 9.59. The number of carboxylic acids is 1. The Morgan fingerprint density at radius 1 is 1.30 bits per heavy atom. The number of rotatable bonds is 5. The van der Waals surface area contributed by atoms with Gasteiger partial charge in [-0.2, -0.15) is 0 Å². The van der Waals surface area contributed by atoms with E-state index in [9.17, 15) is 9.59 Å². The van der Waals surface area contributed by atoms with Gasteiger partial charge in [-0.1, -0.05) is 0 Å². The van der Waals surface area contributed by atoms with Crippen molar-refractivity contribution in [3.8, 4) is 0 Å². The Kier molecular flexibility index (Phi) is 5.19. The third-order valence-corrected chi connectivity index (χ3v) is 4.04. The molecule has 0 saturated carbocycles. The summed E-state index contributed by atoms with van der Waals surface area (Å²) in [6.07, 6.45) is 1.94. The Labute approximate surface area is 118 Å². The molecule has 114 valence electrons. The van der Waals surface area contributed by atoms with E-state index in [1.54, 1.807) is 7.05 Å². The standard InChI is InChI=1S/C13H22N2O5/c1-15(11-8-20-7-10(11)12(16)17)13(18)14-4-2-9-3-5-19-6-9/h9-11H,2-8H2,1H3,(H,14,18)(H,16,17). The lowest BCUT2D eigenvalue weighted by atomic mass is 10.0. The number of ether oxygens (including phenoxy) is 2. The molecule has 2 N–H and O–H groups in total. The van der Waals surface area contributed by atoms with E-state index in [1.165, 1.54) is 4.90 Å². The minimum Gasteiger partial charge on any atom is -0.481 e. The number of hydrogen-bond acceptors (Lipinski definition) is 4. The van der Waals surface area contributed by atoms with Gasteiger partial charge in [0.2, 0.25) is 0 Å². The largest absolute Gasteiger partial charge is 0.481 e. The highest BCUT2D eigenvalue weighted by Gasteiger charge is 2.38. The molecule has 0 aromatic rings. The van der Waals surface area contributed by atoms with Crippen LogP contribution in [0.25, 0.3) is 0 Å². The van der Waals surface area contributed by atoms with Crippen LogP contribution in [0, 0.1) is 11.8 Å². The van der Waals surface area contributed by atoms with E-state index in [0.717, 1.165) is 26.1 Å². The van der Waals surface area contributed by atoms with Crippen LogP contribution in [0.15, 0.2) is 0 Å². The molecule has 0 bridgehead atoms. The lowest BCUT2D eigenvalue weighted by molar-refractivity contribution is -0.142. The summed E-state index contributed by atoms with van der Waals surface area (Å²) in [5.41, 5.74) is 0. The molecule has 0 radical (unpaired) electrons. The van der Waals surface area contributed by atoms with Gasteiger partial charge in [-0.3, -0.25) is 4.79 Å². The third kappa shape index (κ3) is 3.61. The molecule has 2 amide bonds. The van der Waals surface area contributed by atoms with E-state index < -0.39 is 17.9 Å². The van der Waals surface area contributed by atoms with Crippen molar-refractivity contribution < 1.29 is 24.2 Å². The molecular formula is C13H22N2O5. The molecule has 0 aromatic heterocycles. The summed E-state index contributed by atoms with van der Waals surface area (Å²) in [4.78, 5) is 24.5. The zero-order valence-corrected chi connectivity index (χ0v) is 11.7. The van der Waals surface area contributed by atoms with Gasteiger partial charge in [-0.05, 0) is 18.8 Å². The topological polar surface area (TPSA) is 88.1 Å². The van der Waals surface area contributed by atoms with E-state index in [1.807, 2.05) is 0 Å². The van der Waals surface area contributed by atoms with Crippen LogP contribution >= 0.6 is 0 Å². The van der Waals surface area contributed by atoms with Crippen LogP contribution < -0.4 is 5.32 Å². The van der Waals surface area contributed by atoms with E-state index in [0.29, 0.717) is 12.5 Å². The Bertz CT molecular complexity index is 357. The highest BCUT2D eigenvalue weighted by molar-refractivity contribution is 5.77. The van der Waals surface area contributed by atoms with Crippen LogP contribution in [0.1, 0.15) is 12.8 Å². The van der Waals surface area contributed by atoms with Crippen molar-refractivity contribution in [3.63, 3.8) is 0 Å². The maximum absolute atomic E-state index is 12.0. The van der Waals surface area contributed by atoms with Gasteiger partial charge in [0.05, 0.1) is 19.3 Å². The number of amides is 2. The average Bonchev–Trinajstić information content (AvgIpc) is 3.08. The second-order valence-electron chi connectivity index (χ2n) is 5.41. The minimum absolute atomic E-state index is 0.164. The fourth-order valence-corrected chi connectivity index (χ4v) is 2.63. The Balaban J connectivity index is 1.74. The minimum atomic E-state index is -0.921. The highest BCUT2D eigenvalue weighted by atomic mass is 16.5. The van der Waals surface area contributed by atoms with Gasteiger partial charge < -0.3 is 24.8 Å². The summed E-state index contributed by atoms with van der Waals surface area (Å²) in [5.74, 6) is -1.05. The second kappa shape index (κ2) is 6.90. The van der Waals surface area contributed by atoms with Gasteiger partial charge in [0.1, 0.15) is 5.92 Å². The zero-order chi connectivity index (χ0) is 14.5. The average molecular weight is 286 g/mol. The van der Waals surface area contributed by atoms with Crippen LogP contribution in [0.5, 0.6) is 0 Å². The smallest absolute Gasteiger partial charge is 0.317 e. The fourth-order valence-electron chi connectivity index (χ4n) is 2.63. The summed E-state index contributed by atoms with van der Waals surface area (Å²) in [5, 5.41) is 11.9. The molecule has 0 spiro atoms. The molecule has 2 fully saturated rings. The van der Waals surface area contributed by atoms with Crippen LogP contribution in [-0.2, 0) is 14.3 Å². The highest BCUT2D eigenvalue weighted by Crippen LogP contribution is 2.19. The first-order valence-corrected chi connectivity index (χ1v) is 6.98. The molecule has 2 aliphatic rings. The molecule has 7 heteroatoms. The molecule has 7 nitrogen and oxygen atoms in total. The van der Waals surface area contributed by atoms with Gasteiger partial charge in [0.25, 0.3) is 0 Å². The molecule has 3 unspecified atom stereocenters. The molecule has 2 rings (SSSR count). The number of carbonyl (C=O) groups is 2. The van der Waals surface area contributed by atoms with Gasteiger partial charge in [-0.15, -0.1) is 0 Å². The van der Waals surface area contributed by atoms with Gasteiger partial charge >= 0.3 is 12.0 Å². The molecule has 2 heterocycles. The normalized spacial score (nSPS) is 29.4. The number of hydrogen-bond donors (Lipinski definition) is 2. The molecule has 3 atom stereocenters. The van der Waals surface area contributed by atoms with Crippen molar-refractivity contribution in [2.24, 2.45) is 11.8 Å². The number of carbonyl (C=O) groups excluding carboxylic acids is 1. The zero-order valence-electron chi connectivity index (χ0n) is 11.7. The summed E-state index contributed by atoms with van der Waals surface area (Å²) in [6, 6.07) is -0.645. The number of aliphatic carboxylic acids is 1. The van der Waals surface area contributed by atoms with Gasteiger partial charge in [0, 0.05) is 26.8 Å². The fraction of sp³-hybridized carbons (Fsp3) is 0.846. The van der Waals surface area contributed by atoms with Gasteiger partial charge in [0.15, 0.2) is 0 Å². The van der Waals surface area contributed by atoms with Crippen molar-refractivity contribution in [1.29, 1.82) is 0 Å². The predicted octanol–water partition coefficient (Wildman–Crippen LogP) is 0.154. The first kappa shape index (κ1) is 15.1. The van der Waals surface area contributed by atoms with Crippen LogP contribution in [0.3, 0.4) is 0 Å². The predicted molar refractivity (Wildman–Crippen MR) is 70.4 cm³/mol. The Morgan fingerprint density at radius 3 is 2.75 bits per heavy atom. The third-order valence-electron chi connectivity index (χ3n) is 4.04. The first-order valence-electron chi connectivity index (χ1n) is 6.98. The second-order valence-corrected chi connectivity index (χ2v) is 5.41. The summed E-state index contributed by atoms with van der Waals surface area (Å²) >= 11 is 0. The van der Waals surface area contributed by atoms with E-state index >= 15 is 0 Å². The lowest BCUT2D eigenvalue weighted by Crippen LogP contribution is -2.48. The van der Waals surface area contributed by atoms with Crippen LogP contribution in [0.2, 0.25) is 0 Å². The van der Waals surface area contributed by atoms with Crippen molar-refractivity contribution in [2.75, 3.05) is 40.0 Å². The SMILES string of the molecule is CN(C(=O)NCCC1CCOC1)C1COCC1C(=O)O. The summed E-state index contributed by atoms with van der Waals surface area (Å²) < 4.78 is 10.4. The lowest BCUT2D eigenvalue weighted by Gasteiger charge is -2.26. The number of urea groups is 1. The number of nitrogens with one attached hydrogen (secondary N) is 1. The van der Waals surface area contributed by atoms with E-state index in [-0.39, 0.29) is 19.2 Å². The summed E-state index contributed by atoms with van der Waals surface area (Å²) in [6.45, 7) is 2.60. The van der Waals surface area contributed by atoms with E-state index in [2.05, 4.69) is 5.32 Å². The Hall–Kier alpha value is -1.34. The summed E-state index contributed by atoms with van der Waals surface area (Å²) in [7, 11) is 1.61. The molecule has 0 aliphatic carbocycles. The number of carboxylic acid groups (broad SMARTS) is 1. The maximum Gasteiger partial charge on any atom is 0.317 e. The van der Waals surface area contributed by atoms with Crippen LogP contribution in [-0.4, -0.2) is 68.1 Å². The molecule has 0 aromatic carbocycles. The maximum atomic E-state index is 12.0.